The molecule has 0 radical (unpaired) electrons. The van der Waals surface area contributed by atoms with Crippen LogP contribution in [0.1, 0.15) is 12.2 Å². The lowest BCUT2D eigenvalue weighted by atomic mass is 10.3. The number of hydrogen-bond acceptors (Lipinski definition) is 5. The third kappa shape index (κ3) is 3.72. The molecule has 0 aliphatic carbocycles. The first-order chi connectivity index (χ1) is 11.8. The molecule has 1 fully saturated rings. The summed E-state index contributed by atoms with van der Waals surface area (Å²) < 4.78 is 63.0. The summed E-state index contributed by atoms with van der Waals surface area (Å²) in [6.45, 7) is 1.82. The summed E-state index contributed by atoms with van der Waals surface area (Å²) in [7, 11) is -3.95. The minimum Gasteiger partial charge on any atom is -0.489 e. The molecule has 1 aliphatic rings. The van der Waals surface area contributed by atoms with Crippen LogP contribution in [0.5, 0.6) is 5.75 Å². The monoisotopic (exact) mass is 371 g/mol. The van der Waals surface area contributed by atoms with E-state index in [-0.39, 0.29) is 18.0 Å². The van der Waals surface area contributed by atoms with E-state index in [0.717, 1.165) is 16.4 Å². The standard InChI is InChI=1S/C16H15F2NO5S/c1-10-6-12(7-16(20)23-10)24-11-4-5-19(9-11)25(21,22)13-2-3-14(17)15(18)8-13/h2-3,6-8,11H,4-5,9H2,1H3. The van der Waals surface area contributed by atoms with Crippen LogP contribution in [0.3, 0.4) is 0 Å². The lowest BCUT2D eigenvalue weighted by Crippen LogP contribution is -2.31. The van der Waals surface area contributed by atoms with Gasteiger partial charge in [-0.3, -0.25) is 0 Å². The predicted octanol–water partition coefficient (Wildman–Crippen LogP) is 2.07. The molecule has 1 aromatic heterocycles. The Morgan fingerprint density at radius 1 is 1.20 bits per heavy atom. The van der Waals surface area contributed by atoms with Crippen molar-refractivity contribution in [1.29, 1.82) is 0 Å². The molecule has 0 N–H and O–H groups in total. The number of hydrogen-bond donors (Lipinski definition) is 0. The number of nitrogens with zero attached hydrogens (tertiary/aromatic N) is 1. The number of benzene rings is 1. The van der Waals surface area contributed by atoms with Crippen LogP contribution in [-0.4, -0.2) is 31.9 Å². The van der Waals surface area contributed by atoms with Gasteiger partial charge in [0.15, 0.2) is 11.6 Å². The summed E-state index contributed by atoms with van der Waals surface area (Å²) in [5, 5.41) is 0. The first-order valence-electron chi connectivity index (χ1n) is 7.49. The van der Waals surface area contributed by atoms with Crippen molar-refractivity contribution in [3.8, 4) is 5.75 Å². The van der Waals surface area contributed by atoms with Crippen LogP contribution >= 0.6 is 0 Å². The van der Waals surface area contributed by atoms with Gasteiger partial charge in [-0.2, -0.15) is 4.31 Å². The first kappa shape index (κ1) is 17.6. The molecular weight excluding hydrogens is 356 g/mol. The molecule has 1 aromatic carbocycles. The Kier molecular flexibility index (Phi) is 4.61. The summed E-state index contributed by atoms with van der Waals surface area (Å²) in [5.41, 5.74) is -0.556. The Morgan fingerprint density at radius 2 is 1.96 bits per heavy atom. The average molecular weight is 371 g/mol. The third-order valence-corrected chi connectivity index (χ3v) is 5.67. The Hall–Kier alpha value is -2.26. The van der Waals surface area contributed by atoms with Gasteiger partial charge in [0.25, 0.3) is 0 Å². The fourth-order valence-electron chi connectivity index (χ4n) is 2.63. The molecule has 0 bridgehead atoms. The lowest BCUT2D eigenvalue weighted by molar-refractivity contribution is 0.213. The summed E-state index contributed by atoms with van der Waals surface area (Å²) >= 11 is 0. The molecule has 1 atom stereocenters. The van der Waals surface area contributed by atoms with Crippen molar-refractivity contribution in [2.75, 3.05) is 13.1 Å². The lowest BCUT2D eigenvalue weighted by Gasteiger charge is -2.17. The SMILES string of the molecule is Cc1cc(OC2CCN(S(=O)(=O)c3ccc(F)c(F)c3)C2)cc(=O)o1. The van der Waals surface area contributed by atoms with Gasteiger partial charge in [-0.1, -0.05) is 0 Å². The topological polar surface area (TPSA) is 76.8 Å². The number of halogens is 2. The molecule has 9 heteroatoms. The van der Waals surface area contributed by atoms with Gasteiger partial charge in [0.05, 0.1) is 17.5 Å². The maximum absolute atomic E-state index is 13.3. The molecular formula is C16H15F2NO5S. The molecule has 0 spiro atoms. The number of aryl methyl sites for hydroxylation is 1. The normalized spacial score (nSPS) is 18.4. The van der Waals surface area contributed by atoms with E-state index >= 15 is 0 Å². The average Bonchev–Trinajstić information content (AvgIpc) is 2.98. The van der Waals surface area contributed by atoms with Crippen molar-refractivity contribution in [2.45, 2.75) is 24.3 Å². The van der Waals surface area contributed by atoms with Gasteiger partial charge in [-0.15, -0.1) is 0 Å². The van der Waals surface area contributed by atoms with E-state index < -0.39 is 33.4 Å². The maximum atomic E-state index is 13.3. The zero-order valence-corrected chi connectivity index (χ0v) is 14.1. The van der Waals surface area contributed by atoms with Crippen LogP contribution in [0.15, 0.2) is 44.4 Å². The van der Waals surface area contributed by atoms with Crippen LogP contribution < -0.4 is 10.4 Å². The number of ether oxygens (including phenoxy) is 1. The van der Waals surface area contributed by atoms with E-state index in [1.165, 1.54) is 12.1 Å². The number of rotatable bonds is 4. The molecule has 0 saturated carbocycles. The van der Waals surface area contributed by atoms with E-state index in [4.69, 9.17) is 9.15 Å². The largest absolute Gasteiger partial charge is 0.489 e. The molecule has 6 nitrogen and oxygen atoms in total. The summed E-state index contributed by atoms with van der Waals surface area (Å²) in [5.74, 6) is -1.66. The van der Waals surface area contributed by atoms with Crippen LogP contribution in [0.4, 0.5) is 8.78 Å². The molecule has 0 amide bonds. The molecule has 1 saturated heterocycles. The van der Waals surface area contributed by atoms with E-state index in [2.05, 4.69) is 0 Å². The minimum atomic E-state index is -3.95. The van der Waals surface area contributed by atoms with E-state index in [1.807, 2.05) is 0 Å². The van der Waals surface area contributed by atoms with Gasteiger partial charge in [0.2, 0.25) is 10.0 Å². The molecule has 25 heavy (non-hydrogen) atoms. The van der Waals surface area contributed by atoms with Crippen LogP contribution in [-0.2, 0) is 10.0 Å². The molecule has 2 heterocycles. The second-order valence-corrected chi connectivity index (χ2v) is 7.63. The fourth-order valence-corrected chi connectivity index (χ4v) is 4.13. The quantitative estimate of drug-likeness (QED) is 0.822. The zero-order valence-electron chi connectivity index (χ0n) is 13.2. The van der Waals surface area contributed by atoms with Gasteiger partial charge in [-0.25, -0.2) is 22.0 Å². The second-order valence-electron chi connectivity index (χ2n) is 5.69. The van der Waals surface area contributed by atoms with Crippen molar-refractivity contribution in [3.63, 3.8) is 0 Å². The Labute approximate surface area is 142 Å². The first-order valence-corrected chi connectivity index (χ1v) is 8.93. The van der Waals surface area contributed by atoms with Crippen molar-refractivity contribution in [1.82, 2.24) is 4.31 Å². The van der Waals surface area contributed by atoms with Crippen molar-refractivity contribution in [2.24, 2.45) is 0 Å². The van der Waals surface area contributed by atoms with Crippen LogP contribution in [0.25, 0.3) is 0 Å². The van der Waals surface area contributed by atoms with Gasteiger partial charge in [0, 0.05) is 12.6 Å². The summed E-state index contributed by atoms with van der Waals surface area (Å²) in [6, 6.07) is 5.17. The predicted molar refractivity (Wildman–Crippen MR) is 83.9 cm³/mol. The van der Waals surface area contributed by atoms with E-state index in [1.54, 1.807) is 6.92 Å². The van der Waals surface area contributed by atoms with Gasteiger partial charge < -0.3 is 9.15 Å². The molecule has 1 unspecified atom stereocenters. The third-order valence-electron chi connectivity index (χ3n) is 3.81. The van der Waals surface area contributed by atoms with E-state index in [9.17, 15) is 22.0 Å². The van der Waals surface area contributed by atoms with Crippen molar-refractivity contribution >= 4 is 10.0 Å². The Balaban J connectivity index is 1.75. The molecule has 3 rings (SSSR count). The fraction of sp³-hybridized carbons (Fsp3) is 0.312. The highest BCUT2D eigenvalue weighted by Gasteiger charge is 2.34. The van der Waals surface area contributed by atoms with Crippen molar-refractivity contribution in [3.05, 3.63) is 58.1 Å². The smallest absolute Gasteiger partial charge is 0.339 e. The minimum absolute atomic E-state index is 0.0423. The summed E-state index contributed by atoms with van der Waals surface area (Å²) in [6.07, 6.45) is -0.0522. The highest BCUT2D eigenvalue weighted by molar-refractivity contribution is 7.89. The molecule has 134 valence electrons. The van der Waals surface area contributed by atoms with Crippen LogP contribution in [0.2, 0.25) is 0 Å². The Morgan fingerprint density at radius 3 is 2.64 bits per heavy atom. The van der Waals surface area contributed by atoms with E-state index in [0.29, 0.717) is 24.0 Å². The molecule has 1 aliphatic heterocycles. The van der Waals surface area contributed by atoms with Gasteiger partial charge >= 0.3 is 5.63 Å². The van der Waals surface area contributed by atoms with Gasteiger partial charge in [-0.05, 0) is 31.5 Å². The maximum Gasteiger partial charge on any atom is 0.339 e. The zero-order chi connectivity index (χ0) is 18.2. The second kappa shape index (κ2) is 6.57. The van der Waals surface area contributed by atoms with Gasteiger partial charge in [0.1, 0.15) is 17.6 Å². The Bertz CT molecular complexity index is 957. The highest BCUT2D eigenvalue weighted by Crippen LogP contribution is 2.25. The van der Waals surface area contributed by atoms with Crippen LogP contribution in [0, 0.1) is 18.6 Å². The number of sulfonamides is 1. The summed E-state index contributed by atoms with van der Waals surface area (Å²) in [4.78, 5) is 11.0. The van der Waals surface area contributed by atoms with Crippen molar-refractivity contribution < 1.29 is 26.4 Å². The highest BCUT2D eigenvalue weighted by atomic mass is 32.2. The molecule has 2 aromatic rings.